The lowest BCUT2D eigenvalue weighted by molar-refractivity contribution is 0.215. The van der Waals surface area contributed by atoms with Crippen molar-refractivity contribution in [2.45, 2.75) is 59.0 Å². The Morgan fingerprint density at radius 1 is 1.26 bits per heavy atom. The molecule has 1 aliphatic carbocycles. The molecule has 1 rings (SSSR count). The number of aliphatic imine (C=N–C) groups is 1. The fraction of sp³-hybridized carbons (Fsp3) is 0.929. The zero-order valence-corrected chi connectivity index (χ0v) is 15.2. The SMILES string of the molecule is CCCN=C(NCC)NCCN(C(C)C)C1CC1.I. The van der Waals surface area contributed by atoms with Crippen LogP contribution in [0, 0.1) is 0 Å². The van der Waals surface area contributed by atoms with Crippen LogP contribution in [0.3, 0.4) is 0 Å². The lowest BCUT2D eigenvalue weighted by Crippen LogP contribution is -2.43. The van der Waals surface area contributed by atoms with E-state index in [9.17, 15) is 0 Å². The Hall–Kier alpha value is -0.0400. The third-order valence-corrected chi connectivity index (χ3v) is 3.18. The molecule has 0 bridgehead atoms. The molecule has 0 radical (unpaired) electrons. The van der Waals surface area contributed by atoms with Gasteiger partial charge in [-0.2, -0.15) is 0 Å². The van der Waals surface area contributed by atoms with Gasteiger partial charge in [0, 0.05) is 38.3 Å². The summed E-state index contributed by atoms with van der Waals surface area (Å²) in [5, 5.41) is 6.71. The van der Waals surface area contributed by atoms with Gasteiger partial charge in [-0.05, 0) is 40.0 Å². The number of rotatable bonds is 8. The normalized spacial score (nSPS) is 15.6. The topological polar surface area (TPSA) is 39.7 Å². The molecule has 4 nitrogen and oxygen atoms in total. The highest BCUT2D eigenvalue weighted by molar-refractivity contribution is 14.0. The van der Waals surface area contributed by atoms with Crippen molar-refractivity contribution in [2.75, 3.05) is 26.2 Å². The fourth-order valence-corrected chi connectivity index (χ4v) is 2.14. The molecule has 5 heteroatoms. The molecular formula is C14H31IN4. The van der Waals surface area contributed by atoms with Crippen molar-refractivity contribution in [1.29, 1.82) is 0 Å². The lowest BCUT2D eigenvalue weighted by atomic mass is 10.3. The van der Waals surface area contributed by atoms with Gasteiger partial charge in [0.05, 0.1) is 0 Å². The molecule has 0 unspecified atom stereocenters. The van der Waals surface area contributed by atoms with E-state index < -0.39 is 0 Å². The van der Waals surface area contributed by atoms with Gasteiger partial charge in [0.2, 0.25) is 0 Å². The Kier molecular flexibility index (Phi) is 10.7. The molecule has 0 amide bonds. The van der Waals surface area contributed by atoms with Crippen LogP contribution in [0.2, 0.25) is 0 Å². The minimum Gasteiger partial charge on any atom is -0.357 e. The molecule has 0 atom stereocenters. The highest BCUT2D eigenvalue weighted by Gasteiger charge is 2.29. The first-order valence-corrected chi connectivity index (χ1v) is 7.46. The van der Waals surface area contributed by atoms with E-state index in [-0.39, 0.29) is 24.0 Å². The van der Waals surface area contributed by atoms with Crippen LogP contribution in [-0.4, -0.2) is 49.1 Å². The first-order chi connectivity index (χ1) is 8.69. The predicted octanol–water partition coefficient (Wildman–Crippen LogP) is 2.44. The molecule has 0 aromatic heterocycles. The van der Waals surface area contributed by atoms with Gasteiger partial charge in [0.25, 0.3) is 0 Å². The van der Waals surface area contributed by atoms with Crippen molar-refractivity contribution >= 4 is 29.9 Å². The standard InChI is InChI=1S/C14H30N4.HI/c1-5-9-16-14(15-6-2)17-10-11-18(12(3)4)13-7-8-13;/h12-13H,5-11H2,1-4H3,(H2,15,16,17);1H. The van der Waals surface area contributed by atoms with Crippen LogP contribution in [-0.2, 0) is 0 Å². The fourth-order valence-electron chi connectivity index (χ4n) is 2.14. The minimum atomic E-state index is 0. The largest absolute Gasteiger partial charge is 0.357 e. The summed E-state index contributed by atoms with van der Waals surface area (Å²) in [4.78, 5) is 7.10. The van der Waals surface area contributed by atoms with Gasteiger partial charge >= 0.3 is 0 Å². The van der Waals surface area contributed by atoms with E-state index in [1.54, 1.807) is 0 Å². The van der Waals surface area contributed by atoms with Crippen molar-refractivity contribution in [1.82, 2.24) is 15.5 Å². The van der Waals surface area contributed by atoms with Crippen molar-refractivity contribution in [3.63, 3.8) is 0 Å². The summed E-state index contributed by atoms with van der Waals surface area (Å²) in [6, 6.07) is 1.48. The third kappa shape index (κ3) is 7.97. The Labute approximate surface area is 135 Å². The molecule has 114 valence electrons. The summed E-state index contributed by atoms with van der Waals surface area (Å²) >= 11 is 0. The number of hydrogen-bond donors (Lipinski definition) is 2. The predicted molar refractivity (Wildman–Crippen MR) is 94.6 cm³/mol. The van der Waals surface area contributed by atoms with Gasteiger partial charge in [-0.3, -0.25) is 9.89 Å². The number of halogens is 1. The van der Waals surface area contributed by atoms with Gasteiger partial charge in [-0.15, -0.1) is 24.0 Å². The molecular weight excluding hydrogens is 351 g/mol. The van der Waals surface area contributed by atoms with Crippen LogP contribution < -0.4 is 10.6 Å². The second-order valence-electron chi connectivity index (χ2n) is 5.25. The number of nitrogens with zero attached hydrogens (tertiary/aromatic N) is 2. The van der Waals surface area contributed by atoms with Crippen molar-refractivity contribution < 1.29 is 0 Å². The molecule has 2 N–H and O–H groups in total. The molecule has 0 aromatic carbocycles. The Balaban J connectivity index is 0.00000324. The molecule has 0 aliphatic heterocycles. The average molecular weight is 382 g/mol. The van der Waals surface area contributed by atoms with Crippen LogP contribution in [0.4, 0.5) is 0 Å². The minimum absolute atomic E-state index is 0. The molecule has 0 saturated heterocycles. The van der Waals surface area contributed by atoms with Gasteiger partial charge in [0.1, 0.15) is 0 Å². The third-order valence-electron chi connectivity index (χ3n) is 3.18. The van der Waals surface area contributed by atoms with Crippen molar-refractivity contribution in [2.24, 2.45) is 4.99 Å². The molecule has 1 saturated carbocycles. The maximum Gasteiger partial charge on any atom is 0.191 e. The summed E-state index contributed by atoms with van der Waals surface area (Å²) in [7, 11) is 0. The maximum atomic E-state index is 4.51. The average Bonchev–Trinajstić information content (AvgIpc) is 3.15. The van der Waals surface area contributed by atoms with E-state index in [1.165, 1.54) is 12.8 Å². The molecule has 0 spiro atoms. The Bertz CT molecular complexity index is 250. The lowest BCUT2D eigenvalue weighted by Gasteiger charge is -2.26. The first kappa shape index (κ1) is 19.0. The van der Waals surface area contributed by atoms with E-state index in [0.717, 1.165) is 44.6 Å². The van der Waals surface area contributed by atoms with E-state index in [2.05, 4.69) is 48.2 Å². The van der Waals surface area contributed by atoms with Crippen LogP contribution in [0.1, 0.15) is 47.0 Å². The molecule has 1 aliphatic rings. The first-order valence-electron chi connectivity index (χ1n) is 7.46. The van der Waals surface area contributed by atoms with Gasteiger partial charge in [-0.25, -0.2) is 0 Å². The number of nitrogens with one attached hydrogen (secondary N) is 2. The molecule has 19 heavy (non-hydrogen) atoms. The second-order valence-corrected chi connectivity index (χ2v) is 5.25. The summed E-state index contributed by atoms with van der Waals surface area (Å²) in [6.45, 7) is 12.7. The Morgan fingerprint density at radius 3 is 2.42 bits per heavy atom. The smallest absolute Gasteiger partial charge is 0.191 e. The molecule has 1 fully saturated rings. The summed E-state index contributed by atoms with van der Waals surface area (Å²) < 4.78 is 0. The van der Waals surface area contributed by atoms with E-state index in [4.69, 9.17) is 0 Å². The molecule has 0 heterocycles. The monoisotopic (exact) mass is 382 g/mol. The summed E-state index contributed by atoms with van der Waals surface area (Å²) in [5.41, 5.74) is 0. The number of guanidine groups is 1. The second kappa shape index (κ2) is 10.7. The maximum absolute atomic E-state index is 4.51. The Morgan fingerprint density at radius 2 is 1.95 bits per heavy atom. The summed E-state index contributed by atoms with van der Waals surface area (Å²) in [6.07, 6.45) is 3.85. The molecule has 0 aromatic rings. The van der Waals surface area contributed by atoms with Crippen LogP contribution in [0.15, 0.2) is 4.99 Å². The number of hydrogen-bond acceptors (Lipinski definition) is 2. The zero-order chi connectivity index (χ0) is 13.4. The van der Waals surface area contributed by atoms with Crippen molar-refractivity contribution in [3.05, 3.63) is 0 Å². The van der Waals surface area contributed by atoms with Gasteiger partial charge in [0.15, 0.2) is 5.96 Å². The highest BCUT2D eigenvalue weighted by atomic mass is 127. The van der Waals surface area contributed by atoms with Crippen molar-refractivity contribution in [3.8, 4) is 0 Å². The van der Waals surface area contributed by atoms with E-state index in [0.29, 0.717) is 6.04 Å². The van der Waals surface area contributed by atoms with Crippen LogP contribution >= 0.6 is 24.0 Å². The van der Waals surface area contributed by atoms with Gasteiger partial charge in [-0.1, -0.05) is 6.92 Å². The van der Waals surface area contributed by atoms with E-state index in [1.807, 2.05) is 0 Å². The highest BCUT2D eigenvalue weighted by Crippen LogP contribution is 2.27. The van der Waals surface area contributed by atoms with Crippen LogP contribution in [0.25, 0.3) is 0 Å². The van der Waals surface area contributed by atoms with Gasteiger partial charge < -0.3 is 10.6 Å². The zero-order valence-electron chi connectivity index (χ0n) is 12.9. The van der Waals surface area contributed by atoms with E-state index >= 15 is 0 Å². The summed E-state index contributed by atoms with van der Waals surface area (Å²) in [5.74, 6) is 0.957. The quantitative estimate of drug-likeness (QED) is 0.385. The van der Waals surface area contributed by atoms with Crippen LogP contribution in [0.5, 0.6) is 0 Å².